The normalized spacial score (nSPS) is 22.5. The molecule has 1 N–H and O–H groups in total. The van der Waals surface area contributed by atoms with Crippen LogP contribution in [0.5, 0.6) is 0 Å². The van der Waals surface area contributed by atoms with E-state index in [1.165, 1.54) is 38.5 Å². The first kappa shape index (κ1) is 14.7. The van der Waals surface area contributed by atoms with E-state index in [9.17, 15) is 4.39 Å². The van der Waals surface area contributed by atoms with Crippen LogP contribution in [0.2, 0.25) is 0 Å². The van der Waals surface area contributed by atoms with Gasteiger partial charge in [0.1, 0.15) is 5.82 Å². The summed E-state index contributed by atoms with van der Waals surface area (Å²) in [7, 11) is 0. The van der Waals surface area contributed by atoms with E-state index >= 15 is 0 Å². The molecule has 0 amide bonds. The lowest BCUT2D eigenvalue weighted by atomic mass is 9.75. The second-order valence-electron chi connectivity index (χ2n) is 7.44. The van der Waals surface area contributed by atoms with Gasteiger partial charge >= 0.3 is 0 Å². The van der Waals surface area contributed by atoms with Crippen molar-refractivity contribution in [2.75, 3.05) is 23.3 Å². The van der Waals surface area contributed by atoms with E-state index in [0.717, 1.165) is 24.5 Å². The Hall–Kier alpha value is -1.25. The lowest BCUT2D eigenvalue weighted by molar-refractivity contribution is 0.232. The minimum Gasteiger partial charge on any atom is -0.382 e. The highest BCUT2D eigenvalue weighted by Crippen LogP contribution is 2.36. The molecule has 3 heteroatoms. The average molecular weight is 290 g/mol. The minimum atomic E-state index is -0.0851. The van der Waals surface area contributed by atoms with Gasteiger partial charge in [0.15, 0.2) is 0 Å². The summed E-state index contributed by atoms with van der Waals surface area (Å²) in [6.07, 6.45) is 7.22. The summed E-state index contributed by atoms with van der Waals surface area (Å²) in [6.45, 7) is 6.66. The largest absolute Gasteiger partial charge is 0.382 e. The lowest BCUT2D eigenvalue weighted by Gasteiger charge is -2.35. The fraction of sp³-hybridized carbons (Fsp3) is 0.667. The summed E-state index contributed by atoms with van der Waals surface area (Å²) < 4.78 is 14.3. The van der Waals surface area contributed by atoms with E-state index in [-0.39, 0.29) is 5.82 Å². The Kier molecular flexibility index (Phi) is 4.10. The standard InChI is InChI=1S/C18H27FN2/c1-18(2)9-7-14(8-10-18)20-15-5-6-17(16(19)13-15)21-11-3-4-12-21/h5-6,13-14,20H,3-4,7-12H2,1-2H3. The molecule has 2 aliphatic rings. The zero-order valence-electron chi connectivity index (χ0n) is 13.3. The maximum absolute atomic E-state index is 14.3. The van der Waals surface area contributed by atoms with E-state index in [2.05, 4.69) is 24.1 Å². The zero-order chi connectivity index (χ0) is 14.9. The summed E-state index contributed by atoms with van der Waals surface area (Å²) >= 11 is 0. The molecule has 0 bridgehead atoms. The minimum absolute atomic E-state index is 0.0851. The zero-order valence-corrected chi connectivity index (χ0v) is 13.3. The van der Waals surface area contributed by atoms with Crippen molar-refractivity contribution in [2.45, 2.75) is 58.4 Å². The third kappa shape index (κ3) is 3.50. The van der Waals surface area contributed by atoms with Gasteiger partial charge in [-0.25, -0.2) is 4.39 Å². The molecule has 21 heavy (non-hydrogen) atoms. The molecule has 1 aliphatic heterocycles. The van der Waals surface area contributed by atoms with Crippen LogP contribution in [0.25, 0.3) is 0 Å². The molecule has 0 aromatic heterocycles. The molecule has 2 nitrogen and oxygen atoms in total. The fourth-order valence-corrected chi connectivity index (χ4v) is 3.59. The Labute approximate surface area is 127 Å². The van der Waals surface area contributed by atoms with E-state index in [4.69, 9.17) is 0 Å². The van der Waals surface area contributed by atoms with E-state index in [1.54, 1.807) is 6.07 Å². The van der Waals surface area contributed by atoms with Crippen LogP contribution in [0.3, 0.4) is 0 Å². The molecule has 3 rings (SSSR count). The number of rotatable bonds is 3. The maximum Gasteiger partial charge on any atom is 0.148 e. The quantitative estimate of drug-likeness (QED) is 0.859. The van der Waals surface area contributed by atoms with Gasteiger partial charge in [-0.1, -0.05) is 13.8 Å². The van der Waals surface area contributed by atoms with Gasteiger partial charge < -0.3 is 10.2 Å². The Morgan fingerprint density at radius 1 is 1.14 bits per heavy atom. The molecule has 1 heterocycles. The molecule has 0 atom stereocenters. The molecule has 0 spiro atoms. The van der Waals surface area contributed by atoms with Crippen molar-refractivity contribution >= 4 is 11.4 Å². The van der Waals surface area contributed by atoms with Crippen molar-refractivity contribution in [3.8, 4) is 0 Å². The summed E-state index contributed by atoms with van der Waals surface area (Å²) in [5, 5.41) is 3.52. The van der Waals surface area contributed by atoms with Crippen LogP contribution in [0, 0.1) is 11.2 Å². The molecule has 1 saturated carbocycles. The van der Waals surface area contributed by atoms with E-state index < -0.39 is 0 Å². The van der Waals surface area contributed by atoms with Gasteiger partial charge in [-0.3, -0.25) is 0 Å². The summed E-state index contributed by atoms with van der Waals surface area (Å²) in [6, 6.07) is 6.15. The summed E-state index contributed by atoms with van der Waals surface area (Å²) in [5.41, 5.74) is 2.17. The van der Waals surface area contributed by atoms with Crippen LogP contribution >= 0.6 is 0 Å². The molecule has 1 aliphatic carbocycles. The van der Waals surface area contributed by atoms with Crippen LogP contribution in [0.15, 0.2) is 18.2 Å². The lowest BCUT2D eigenvalue weighted by Crippen LogP contribution is -2.29. The number of benzene rings is 1. The third-order valence-electron chi connectivity index (χ3n) is 5.10. The number of nitrogens with one attached hydrogen (secondary N) is 1. The van der Waals surface area contributed by atoms with Crippen molar-refractivity contribution in [2.24, 2.45) is 5.41 Å². The van der Waals surface area contributed by atoms with E-state index in [0.29, 0.717) is 11.5 Å². The monoisotopic (exact) mass is 290 g/mol. The van der Waals surface area contributed by atoms with Crippen LogP contribution in [0.1, 0.15) is 52.4 Å². The third-order valence-corrected chi connectivity index (χ3v) is 5.10. The van der Waals surface area contributed by atoms with Gasteiger partial charge in [0.05, 0.1) is 5.69 Å². The highest BCUT2D eigenvalue weighted by molar-refractivity contribution is 5.57. The number of hydrogen-bond donors (Lipinski definition) is 1. The first-order valence-electron chi connectivity index (χ1n) is 8.35. The number of hydrogen-bond acceptors (Lipinski definition) is 2. The second-order valence-corrected chi connectivity index (χ2v) is 7.44. The molecule has 116 valence electrons. The van der Waals surface area contributed by atoms with Crippen molar-refractivity contribution in [1.82, 2.24) is 0 Å². The SMILES string of the molecule is CC1(C)CCC(Nc2ccc(N3CCCC3)c(F)c2)CC1. The topological polar surface area (TPSA) is 15.3 Å². The predicted molar refractivity (Wildman–Crippen MR) is 87.5 cm³/mol. The first-order chi connectivity index (χ1) is 10.0. The van der Waals surface area contributed by atoms with Crippen molar-refractivity contribution in [3.05, 3.63) is 24.0 Å². The fourth-order valence-electron chi connectivity index (χ4n) is 3.59. The van der Waals surface area contributed by atoms with Crippen LogP contribution in [-0.4, -0.2) is 19.1 Å². The van der Waals surface area contributed by atoms with Gasteiger partial charge in [0.2, 0.25) is 0 Å². The average Bonchev–Trinajstić information content (AvgIpc) is 2.95. The number of anilines is 2. The molecule has 1 aromatic rings. The maximum atomic E-state index is 14.3. The Bertz CT molecular complexity index is 482. The molecule has 0 radical (unpaired) electrons. The Morgan fingerprint density at radius 3 is 2.43 bits per heavy atom. The van der Waals surface area contributed by atoms with Gasteiger partial charge in [-0.05, 0) is 62.1 Å². The van der Waals surface area contributed by atoms with E-state index in [1.807, 2.05) is 12.1 Å². The smallest absolute Gasteiger partial charge is 0.148 e. The summed E-state index contributed by atoms with van der Waals surface area (Å²) in [4.78, 5) is 2.16. The van der Waals surface area contributed by atoms with Crippen molar-refractivity contribution in [1.29, 1.82) is 0 Å². The first-order valence-corrected chi connectivity index (χ1v) is 8.35. The van der Waals surface area contributed by atoms with Gasteiger partial charge in [0, 0.05) is 24.8 Å². The van der Waals surface area contributed by atoms with Gasteiger partial charge in [-0.2, -0.15) is 0 Å². The molecule has 1 saturated heterocycles. The number of nitrogens with zero attached hydrogens (tertiary/aromatic N) is 1. The van der Waals surface area contributed by atoms with Crippen LogP contribution in [-0.2, 0) is 0 Å². The Balaban J connectivity index is 1.63. The highest BCUT2D eigenvalue weighted by atomic mass is 19.1. The molecule has 2 fully saturated rings. The number of halogens is 1. The van der Waals surface area contributed by atoms with Crippen LogP contribution in [0.4, 0.5) is 15.8 Å². The molecular weight excluding hydrogens is 263 g/mol. The predicted octanol–water partition coefficient (Wildman–Crippen LogP) is 4.81. The van der Waals surface area contributed by atoms with Crippen molar-refractivity contribution < 1.29 is 4.39 Å². The Morgan fingerprint density at radius 2 is 1.81 bits per heavy atom. The van der Waals surface area contributed by atoms with Gasteiger partial charge in [0.25, 0.3) is 0 Å². The van der Waals surface area contributed by atoms with Gasteiger partial charge in [-0.15, -0.1) is 0 Å². The molecule has 1 aromatic carbocycles. The molecular formula is C18H27FN2. The van der Waals surface area contributed by atoms with Crippen molar-refractivity contribution in [3.63, 3.8) is 0 Å². The highest BCUT2D eigenvalue weighted by Gasteiger charge is 2.26. The molecule has 0 unspecified atom stereocenters. The van der Waals surface area contributed by atoms with Crippen LogP contribution < -0.4 is 10.2 Å². The second kappa shape index (κ2) is 5.86. The summed E-state index contributed by atoms with van der Waals surface area (Å²) in [5.74, 6) is -0.0851.